The van der Waals surface area contributed by atoms with Crippen LogP contribution < -0.4 is 24.5 Å². The molecule has 8 heteroatoms. The molecule has 0 N–H and O–H groups in total. The van der Waals surface area contributed by atoms with Crippen LogP contribution in [0.3, 0.4) is 0 Å². The third kappa shape index (κ3) is 3.67. The molecule has 0 aliphatic carbocycles. The molecule has 0 fully saturated rings. The van der Waals surface area contributed by atoms with Crippen molar-refractivity contribution in [2.24, 2.45) is 0 Å². The molecule has 1 aliphatic heterocycles. The van der Waals surface area contributed by atoms with Crippen LogP contribution in [-0.2, 0) is 6.42 Å². The maximum Gasteiger partial charge on any atom is 0.295 e. The summed E-state index contributed by atoms with van der Waals surface area (Å²) < 4.78 is 22.6. The molecule has 0 saturated heterocycles. The Balaban J connectivity index is 1.82. The van der Waals surface area contributed by atoms with Crippen molar-refractivity contribution in [2.75, 3.05) is 26.2 Å². The van der Waals surface area contributed by atoms with E-state index in [2.05, 4.69) is 6.92 Å². The molecule has 36 heavy (non-hydrogen) atoms. The van der Waals surface area contributed by atoms with E-state index < -0.39 is 11.9 Å². The molecule has 7 nitrogen and oxygen atoms in total. The molecule has 0 saturated carbocycles. The van der Waals surface area contributed by atoms with Crippen LogP contribution in [0.1, 0.15) is 40.2 Å². The molecule has 0 bridgehead atoms. The molecule has 1 atom stereocenters. The zero-order chi connectivity index (χ0) is 25.6. The van der Waals surface area contributed by atoms with Gasteiger partial charge in [-0.2, -0.15) is 0 Å². The van der Waals surface area contributed by atoms with Crippen LogP contribution in [0, 0.1) is 0 Å². The number of fused-ring (bicyclic) bond motifs is 2. The Morgan fingerprint density at radius 3 is 2.17 bits per heavy atom. The summed E-state index contributed by atoms with van der Waals surface area (Å²) in [5.74, 6) is 0.795. The van der Waals surface area contributed by atoms with Gasteiger partial charge in [0, 0.05) is 10.7 Å². The Bertz CT molecular complexity index is 1520. The highest BCUT2D eigenvalue weighted by Crippen LogP contribution is 2.46. The van der Waals surface area contributed by atoms with E-state index in [1.54, 1.807) is 35.2 Å². The number of aryl methyl sites for hydroxylation is 1. The molecule has 2 heterocycles. The van der Waals surface area contributed by atoms with Gasteiger partial charge in [0.25, 0.3) is 5.91 Å². The lowest BCUT2D eigenvalue weighted by Gasteiger charge is -2.26. The minimum atomic E-state index is -0.798. The van der Waals surface area contributed by atoms with E-state index in [0.29, 0.717) is 44.5 Å². The molecular weight excluding hydrogens is 482 g/mol. The summed E-state index contributed by atoms with van der Waals surface area (Å²) >= 11 is 6.18. The van der Waals surface area contributed by atoms with Gasteiger partial charge in [-0.3, -0.25) is 14.5 Å². The highest BCUT2D eigenvalue weighted by Gasteiger charge is 2.44. The number of methoxy groups -OCH3 is 3. The second kappa shape index (κ2) is 9.24. The Morgan fingerprint density at radius 2 is 1.58 bits per heavy atom. The van der Waals surface area contributed by atoms with Crippen LogP contribution in [0.4, 0.5) is 5.69 Å². The monoisotopic (exact) mass is 505 g/mol. The van der Waals surface area contributed by atoms with E-state index in [9.17, 15) is 9.59 Å². The molecule has 3 aromatic carbocycles. The van der Waals surface area contributed by atoms with E-state index in [1.165, 1.54) is 21.3 Å². The number of benzene rings is 3. The van der Waals surface area contributed by atoms with Crippen LogP contribution in [0.25, 0.3) is 11.0 Å². The predicted molar refractivity (Wildman–Crippen MR) is 138 cm³/mol. The van der Waals surface area contributed by atoms with E-state index in [0.717, 1.165) is 12.0 Å². The first-order valence-corrected chi connectivity index (χ1v) is 11.8. The number of nitrogens with zero attached hydrogens (tertiary/aromatic N) is 1. The van der Waals surface area contributed by atoms with Crippen molar-refractivity contribution >= 4 is 34.2 Å². The fraction of sp³-hybridized carbons (Fsp3) is 0.214. The van der Waals surface area contributed by atoms with Crippen LogP contribution in [-0.4, -0.2) is 27.2 Å². The lowest BCUT2D eigenvalue weighted by molar-refractivity contribution is 0.0971. The molecule has 1 aliphatic rings. The average Bonchev–Trinajstić information content (AvgIpc) is 3.20. The van der Waals surface area contributed by atoms with Crippen LogP contribution >= 0.6 is 11.6 Å². The van der Waals surface area contributed by atoms with Crippen molar-refractivity contribution in [3.8, 4) is 17.2 Å². The number of rotatable bonds is 6. The topological polar surface area (TPSA) is 78.2 Å². The minimum absolute atomic E-state index is 0.00635. The number of carbonyl (C=O) groups is 1. The lowest BCUT2D eigenvalue weighted by atomic mass is 9.97. The van der Waals surface area contributed by atoms with Gasteiger partial charge < -0.3 is 18.6 Å². The summed E-state index contributed by atoms with van der Waals surface area (Å²) in [5, 5.41) is 0.699. The Hall–Kier alpha value is -3.97. The SMILES string of the molecule is CCc1ccc(N2C(=O)c3oc4ccc(Cl)cc4c(=O)c3C2c2cc(OC)c(OC)c(OC)c2)cc1. The fourth-order valence-corrected chi connectivity index (χ4v) is 4.85. The zero-order valence-corrected chi connectivity index (χ0v) is 21.0. The summed E-state index contributed by atoms with van der Waals surface area (Å²) in [6, 6.07) is 15.1. The van der Waals surface area contributed by atoms with Crippen molar-refractivity contribution in [3.05, 3.63) is 92.3 Å². The summed E-state index contributed by atoms with van der Waals surface area (Å²) in [5.41, 5.74) is 2.55. The number of amides is 1. The van der Waals surface area contributed by atoms with Gasteiger partial charge in [0.05, 0.1) is 38.3 Å². The standard InChI is InChI=1S/C28H24ClNO6/c1-5-15-6-9-18(10-7-15)30-24(16-12-21(33-2)26(35-4)22(13-16)34-3)23-25(31)19-14-17(29)8-11-20(19)36-27(23)28(30)32/h6-14,24H,5H2,1-4H3. The largest absolute Gasteiger partial charge is 0.493 e. The molecule has 1 aromatic heterocycles. The first kappa shape index (κ1) is 23.8. The Kier molecular flexibility index (Phi) is 6.10. The predicted octanol–water partition coefficient (Wildman–Crippen LogP) is 5.78. The smallest absolute Gasteiger partial charge is 0.295 e. The number of hydrogen-bond acceptors (Lipinski definition) is 6. The van der Waals surface area contributed by atoms with Gasteiger partial charge in [0.1, 0.15) is 5.58 Å². The van der Waals surface area contributed by atoms with Crippen molar-refractivity contribution in [2.45, 2.75) is 19.4 Å². The van der Waals surface area contributed by atoms with Crippen LogP contribution in [0.15, 0.2) is 63.8 Å². The third-order valence-electron chi connectivity index (χ3n) is 6.46. The number of carbonyl (C=O) groups excluding carboxylic acids is 1. The van der Waals surface area contributed by atoms with Gasteiger partial charge >= 0.3 is 0 Å². The second-order valence-corrected chi connectivity index (χ2v) is 8.81. The third-order valence-corrected chi connectivity index (χ3v) is 6.69. The van der Waals surface area contributed by atoms with Crippen molar-refractivity contribution in [1.82, 2.24) is 0 Å². The van der Waals surface area contributed by atoms with Gasteiger partial charge in [-0.15, -0.1) is 0 Å². The van der Waals surface area contributed by atoms with Crippen molar-refractivity contribution in [3.63, 3.8) is 0 Å². The van der Waals surface area contributed by atoms with E-state index in [4.69, 9.17) is 30.2 Å². The number of halogens is 1. The highest BCUT2D eigenvalue weighted by molar-refractivity contribution is 6.31. The zero-order valence-electron chi connectivity index (χ0n) is 20.3. The fourth-order valence-electron chi connectivity index (χ4n) is 4.68. The molecular formula is C28H24ClNO6. The van der Waals surface area contributed by atoms with Gasteiger partial charge in [-0.25, -0.2) is 0 Å². The molecule has 1 amide bonds. The molecule has 5 rings (SSSR count). The van der Waals surface area contributed by atoms with Crippen LogP contribution in [0.5, 0.6) is 17.2 Å². The number of anilines is 1. The number of ether oxygens (including phenoxy) is 3. The lowest BCUT2D eigenvalue weighted by Crippen LogP contribution is -2.29. The Labute approximate surface area is 212 Å². The quantitative estimate of drug-likeness (QED) is 0.330. The normalized spacial score (nSPS) is 14.8. The summed E-state index contributed by atoms with van der Waals surface area (Å²) in [7, 11) is 4.54. The second-order valence-electron chi connectivity index (χ2n) is 8.37. The minimum Gasteiger partial charge on any atom is -0.493 e. The van der Waals surface area contributed by atoms with E-state index >= 15 is 0 Å². The summed E-state index contributed by atoms with van der Waals surface area (Å²) in [6.07, 6.45) is 0.858. The Morgan fingerprint density at radius 1 is 0.917 bits per heavy atom. The highest BCUT2D eigenvalue weighted by atomic mass is 35.5. The molecule has 0 radical (unpaired) electrons. The number of hydrogen-bond donors (Lipinski definition) is 0. The maximum atomic E-state index is 13.8. The first-order valence-electron chi connectivity index (χ1n) is 11.4. The average molecular weight is 506 g/mol. The molecule has 1 unspecified atom stereocenters. The summed E-state index contributed by atoms with van der Waals surface area (Å²) in [4.78, 5) is 29.2. The van der Waals surface area contributed by atoms with E-state index in [-0.39, 0.29) is 16.8 Å². The molecule has 0 spiro atoms. The first-order chi connectivity index (χ1) is 17.4. The van der Waals surface area contributed by atoms with E-state index in [1.807, 2.05) is 24.3 Å². The maximum absolute atomic E-state index is 13.8. The van der Waals surface area contributed by atoms with Gasteiger partial charge in [-0.05, 0) is 60.0 Å². The van der Waals surface area contributed by atoms with Gasteiger partial charge in [-0.1, -0.05) is 30.7 Å². The van der Waals surface area contributed by atoms with Gasteiger partial charge in [0.15, 0.2) is 16.9 Å². The van der Waals surface area contributed by atoms with Crippen molar-refractivity contribution in [1.29, 1.82) is 0 Å². The molecule has 4 aromatic rings. The van der Waals surface area contributed by atoms with Crippen molar-refractivity contribution < 1.29 is 23.4 Å². The summed E-state index contributed by atoms with van der Waals surface area (Å²) in [6.45, 7) is 2.06. The van der Waals surface area contributed by atoms with Gasteiger partial charge in [0.2, 0.25) is 11.5 Å². The van der Waals surface area contributed by atoms with Crippen LogP contribution in [0.2, 0.25) is 5.02 Å². The molecule has 184 valence electrons.